The molecule has 2 N–H and O–H groups in total. The maximum absolute atomic E-state index is 6.29. The van der Waals surface area contributed by atoms with Crippen LogP contribution in [0.15, 0.2) is 42.5 Å². The van der Waals surface area contributed by atoms with Crippen molar-refractivity contribution in [2.75, 3.05) is 0 Å². The molecule has 18 heavy (non-hydrogen) atoms. The zero-order chi connectivity index (χ0) is 13.1. The summed E-state index contributed by atoms with van der Waals surface area (Å²) in [6.07, 6.45) is 1.05. The summed E-state index contributed by atoms with van der Waals surface area (Å²) in [5.41, 5.74) is 10.9. The highest BCUT2D eigenvalue weighted by Gasteiger charge is 2.09. The van der Waals surface area contributed by atoms with Gasteiger partial charge in [0.2, 0.25) is 0 Å². The Hall–Kier alpha value is -1.31. The first-order chi connectivity index (χ1) is 8.60. The molecular formula is C16H18ClN. The molecule has 2 aromatic carbocycles. The zero-order valence-corrected chi connectivity index (χ0v) is 11.5. The van der Waals surface area contributed by atoms with Gasteiger partial charge in [0.25, 0.3) is 0 Å². The Kier molecular flexibility index (Phi) is 4.05. The van der Waals surface area contributed by atoms with E-state index < -0.39 is 0 Å². The van der Waals surface area contributed by atoms with Crippen molar-refractivity contribution in [2.45, 2.75) is 26.3 Å². The summed E-state index contributed by atoms with van der Waals surface area (Å²) in [6, 6.07) is 14.3. The van der Waals surface area contributed by atoms with E-state index in [1.165, 1.54) is 5.56 Å². The van der Waals surface area contributed by atoms with Crippen LogP contribution in [0.25, 0.3) is 0 Å². The molecule has 0 aromatic heterocycles. The predicted octanol–water partition coefficient (Wildman–Crippen LogP) is 4.26. The van der Waals surface area contributed by atoms with E-state index in [2.05, 4.69) is 37.3 Å². The molecule has 2 rings (SSSR count). The third kappa shape index (κ3) is 2.92. The topological polar surface area (TPSA) is 26.0 Å². The van der Waals surface area contributed by atoms with Gasteiger partial charge in [0, 0.05) is 5.02 Å². The summed E-state index contributed by atoms with van der Waals surface area (Å²) < 4.78 is 0. The van der Waals surface area contributed by atoms with E-state index >= 15 is 0 Å². The number of nitrogens with two attached hydrogens (primary N) is 1. The fourth-order valence-corrected chi connectivity index (χ4v) is 2.40. The van der Waals surface area contributed by atoms with Crippen LogP contribution in [0.3, 0.4) is 0 Å². The van der Waals surface area contributed by atoms with Gasteiger partial charge < -0.3 is 5.73 Å². The molecule has 1 atom stereocenters. The van der Waals surface area contributed by atoms with Crippen LogP contribution >= 0.6 is 11.6 Å². The maximum atomic E-state index is 6.29. The Morgan fingerprint density at radius 2 is 1.72 bits per heavy atom. The standard InChI is InChI=1S/C16H18ClN/c1-3-12-4-6-13(7-5-12)16(18)14-8-11(2)9-15(17)10-14/h4-10,16H,3,18H2,1-2H3. The molecule has 0 aliphatic rings. The molecule has 0 aliphatic carbocycles. The van der Waals surface area contributed by atoms with Crippen LogP contribution in [-0.2, 0) is 6.42 Å². The first-order valence-corrected chi connectivity index (χ1v) is 6.59. The van der Waals surface area contributed by atoms with E-state index in [0.717, 1.165) is 28.1 Å². The van der Waals surface area contributed by atoms with Gasteiger partial charge in [-0.15, -0.1) is 0 Å². The number of rotatable bonds is 3. The summed E-state index contributed by atoms with van der Waals surface area (Å²) in [6.45, 7) is 4.18. The van der Waals surface area contributed by atoms with Gasteiger partial charge in [0.1, 0.15) is 0 Å². The van der Waals surface area contributed by atoms with E-state index in [0.29, 0.717) is 0 Å². The van der Waals surface area contributed by atoms with Gasteiger partial charge in [-0.3, -0.25) is 0 Å². The molecule has 1 unspecified atom stereocenters. The van der Waals surface area contributed by atoms with E-state index in [9.17, 15) is 0 Å². The van der Waals surface area contributed by atoms with Gasteiger partial charge in [-0.25, -0.2) is 0 Å². The quantitative estimate of drug-likeness (QED) is 0.876. The molecule has 1 nitrogen and oxygen atoms in total. The summed E-state index contributed by atoms with van der Waals surface area (Å²) in [5, 5.41) is 0.741. The molecule has 2 heteroatoms. The van der Waals surface area contributed by atoms with Crippen LogP contribution in [0.5, 0.6) is 0 Å². The monoisotopic (exact) mass is 259 g/mol. The lowest BCUT2D eigenvalue weighted by Gasteiger charge is -2.14. The van der Waals surface area contributed by atoms with Gasteiger partial charge in [-0.05, 0) is 47.7 Å². The largest absolute Gasteiger partial charge is 0.320 e. The Morgan fingerprint density at radius 1 is 1.06 bits per heavy atom. The van der Waals surface area contributed by atoms with Crippen molar-refractivity contribution in [1.82, 2.24) is 0 Å². The SMILES string of the molecule is CCc1ccc(C(N)c2cc(C)cc(Cl)c2)cc1. The Morgan fingerprint density at radius 3 is 2.28 bits per heavy atom. The minimum absolute atomic E-state index is 0.117. The molecule has 0 fully saturated rings. The van der Waals surface area contributed by atoms with Crippen LogP contribution in [0, 0.1) is 6.92 Å². The lowest BCUT2D eigenvalue weighted by Crippen LogP contribution is -2.12. The van der Waals surface area contributed by atoms with Crippen LogP contribution in [0.1, 0.15) is 35.2 Å². The van der Waals surface area contributed by atoms with Gasteiger partial charge >= 0.3 is 0 Å². The average Bonchev–Trinajstić information content (AvgIpc) is 2.37. The minimum atomic E-state index is -0.117. The molecule has 0 bridgehead atoms. The van der Waals surface area contributed by atoms with Gasteiger partial charge in [0.05, 0.1) is 6.04 Å². The second kappa shape index (κ2) is 5.55. The fraction of sp³-hybridized carbons (Fsp3) is 0.250. The van der Waals surface area contributed by atoms with Crippen LogP contribution in [0.4, 0.5) is 0 Å². The number of hydrogen-bond acceptors (Lipinski definition) is 1. The third-order valence-electron chi connectivity index (χ3n) is 3.17. The van der Waals surface area contributed by atoms with Gasteiger partial charge in [-0.2, -0.15) is 0 Å². The van der Waals surface area contributed by atoms with Crippen molar-refractivity contribution in [2.24, 2.45) is 5.73 Å². The fourth-order valence-electron chi connectivity index (χ4n) is 2.10. The Balaban J connectivity index is 2.31. The van der Waals surface area contributed by atoms with Crippen molar-refractivity contribution in [3.8, 4) is 0 Å². The summed E-state index contributed by atoms with van der Waals surface area (Å²) in [7, 11) is 0. The van der Waals surface area contributed by atoms with Crippen molar-refractivity contribution in [3.05, 3.63) is 69.7 Å². The normalized spacial score (nSPS) is 12.4. The highest BCUT2D eigenvalue weighted by Crippen LogP contribution is 2.24. The van der Waals surface area contributed by atoms with Gasteiger partial charge in [0.15, 0.2) is 0 Å². The molecule has 94 valence electrons. The Bertz CT molecular complexity index is 511. The summed E-state index contributed by atoms with van der Waals surface area (Å²) in [5.74, 6) is 0. The molecule has 0 radical (unpaired) electrons. The maximum Gasteiger partial charge on any atom is 0.0552 e. The van der Waals surface area contributed by atoms with Crippen LogP contribution in [-0.4, -0.2) is 0 Å². The second-order valence-corrected chi connectivity index (χ2v) is 5.07. The van der Waals surface area contributed by atoms with E-state index in [1.807, 2.05) is 19.1 Å². The second-order valence-electron chi connectivity index (χ2n) is 4.63. The highest BCUT2D eigenvalue weighted by atomic mass is 35.5. The Labute approximate surface area is 114 Å². The number of aryl methyl sites for hydroxylation is 2. The third-order valence-corrected chi connectivity index (χ3v) is 3.39. The minimum Gasteiger partial charge on any atom is -0.320 e. The summed E-state index contributed by atoms with van der Waals surface area (Å²) >= 11 is 6.07. The first kappa shape index (κ1) is 13.1. The van der Waals surface area contributed by atoms with Crippen LogP contribution < -0.4 is 5.73 Å². The number of halogens is 1. The zero-order valence-electron chi connectivity index (χ0n) is 10.8. The highest BCUT2D eigenvalue weighted by molar-refractivity contribution is 6.30. The molecule has 0 saturated heterocycles. The summed E-state index contributed by atoms with van der Waals surface area (Å²) in [4.78, 5) is 0. The van der Waals surface area contributed by atoms with E-state index in [-0.39, 0.29) is 6.04 Å². The molecule has 0 heterocycles. The lowest BCUT2D eigenvalue weighted by atomic mass is 9.97. The lowest BCUT2D eigenvalue weighted by molar-refractivity contribution is 0.868. The molecule has 2 aromatic rings. The van der Waals surface area contributed by atoms with Crippen molar-refractivity contribution in [1.29, 1.82) is 0 Å². The van der Waals surface area contributed by atoms with Crippen molar-refractivity contribution in [3.63, 3.8) is 0 Å². The van der Waals surface area contributed by atoms with E-state index in [1.54, 1.807) is 0 Å². The average molecular weight is 260 g/mol. The molecule has 0 saturated carbocycles. The van der Waals surface area contributed by atoms with E-state index in [4.69, 9.17) is 17.3 Å². The molecule has 0 aliphatic heterocycles. The molecular weight excluding hydrogens is 242 g/mol. The number of benzene rings is 2. The predicted molar refractivity (Wildman–Crippen MR) is 78.0 cm³/mol. The number of hydrogen-bond donors (Lipinski definition) is 1. The molecule has 0 spiro atoms. The van der Waals surface area contributed by atoms with Crippen molar-refractivity contribution < 1.29 is 0 Å². The van der Waals surface area contributed by atoms with Crippen LogP contribution in [0.2, 0.25) is 5.02 Å². The van der Waals surface area contributed by atoms with Crippen molar-refractivity contribution >= 4 is 11.6 Å². The smallest absolute Gasteiger partial charge is 0.0552 e. The van der Waals surface area contributed by atoms with Gasteiger partial charge in [-0.1, -0.05) is 48.9 Å². The first-order valence-electron chi connectivity index (χ1n) is 6.21. The molecule has 0 amide bonds.